The fourth-order valence-electron chi connectivity index (χ4n) is 1.72. The highest BCUT2D eigenvalue weighted by atomic mass is 15.2. The Morgan fingerprint density at radius 2 is 1.94 bits per heavy atom. The standard InChI is InChI=1S/C14H14N4/c1-9-3-4-11(7-10(9)2)13-6-5-12(8-15)14(17-13)18-16/h3-7H,16H2,1-2H3,(H,17,18). The van der Waals surface area contributed by atoms with Crippen LogP contribution in [-0.2, 0) is 0 Å². The molecule has 0 amide bonds. The fourth-order valence-corrected chi connectivity index (χ4v) is 1.72. The largest absolute Gasteiger partial charge is 0.307 e. The third kappa shape index (κ3) is 2.17. The maximum atomic E-state index is 8.91. The number of rotatable bonds is 2. The summed E-state index contributed by atoms with van der Waals surface area (Å²) < 4.78 is 0. The Labute approximate surface area is 106 Å². The van der Waals surface area contributed by atoms with Crippen molar-refractivity contribution in [2.24, 2.45) is 5.84 Å². The molecule has 0 radical (unpaired) electrons. The van der Waals surface area contributed by atoms with Crippen molar-refractivity contribution in [1.82, 2.24) is 4.98 Å². The van der Waals surface area contributed by atoms with Gasteiger partial charge in [0.05, 0.1) is 11.3 Å². The second-order valence-corrected chi connectivity index (χ2v) is 4.15. The normalized spacial score (nSPS) is 9.89. The van der Waals surface area contributed by atoms with Gasteiger partial charge < -0.3 is 5.43 Å². The minimum Gasteiger partial charge on any atom is -0.307 e. The number of aromatic nitrogens is 1. The number of nitrogen functional groups attached to an aromatic ring is 1. The van der Waals surface area contributed by atoms with Crippen LogP contribution in [-0.4, -0.2) is 4.98 Å². The highest BCUT2D eigenvalue weighted by molar-refractivity contribution is 5.65. The third-order valence-corrected chi connectivity index (χ3v) is 2.96. The predicted molar refractivity (Wildman–Crippen MR) is 71.7 cm³/mol. The van der Waals surface area contributed by atoms with Crippen LogP contribution in [0.3, 0.4) is 0 Å². The van der Waals surface area contributed by atoms with Gasteiger partial charge in [-0.2, -0.15) is 5.26 Å². The summed E-state index contributed by atoms with van der Waals surface area (Å²) in [6.07, 6.45) is 0. The summed E-state index contributed by atoms with van der Waals surface area (Å²) in [5, 5.41) is 8.91. The van der Waals surface area contributed by atoms with Gasteiger partial charge >= 0.3 is 0 Å². The summed E-state index contributed by atoms with van der Waals surface area (Å²) in [4.78, 5) is 4.34. The molecule has 2 aromatic rings. The number of benzene rings is 1. The Hall–Kier alpha value is -2.38. The number of hydrazine groups is 1. The van der Waals surface area contributed by atoms with Crippen molar-refractivity contribution in [3.63, 3.8) is 0 Å². The van der Waals surface area contributed by atoms with Gasteiger partial charge in [-0.3, -0.25) is 0 Å². The molecule has 3 N–H and O–H groups in total. The van der Waals surface area contributed by atoms with Gasteiger partial charge in [-0.05, 0) is 43.2 Å². The highest BCUT2D eigenvalue weighted by Crippen LogP contribution is 2.23. The van der Waals surface area contributed by atoms with Crippen molar-refractivity contribution >= 4 is 5.82 Å². The highest BCUT2D eigenvalue weighted by Gasteiger charge is 2.06. The summed E-state index contributed by atoms with van der Waals surface area (Å²) in [5.74, 6) is 5.76. The van der Waals surface area contributed by atoms with Crippen molar-refractivity contribution in [1.29, 1.82) is 5.26 Å². The van der Waals surface area contributed by atoms with Crippen LogP contribution in [0.25, 0.3) is 11.3 Å². The summed E-state index contributed by atoms with van der Waals surface area (Å²) in [6.45, 7) is 4.13. The number of nitriles is 1. The van der Waals surface area contributed by atoms with Crippen LogP contribution >= 0.6 is 0 Å². The Morgan fingerprint density at radius 3 is 2.56 bits per heavy atom. The van der Waals surface area contributed by atoms with Crippen LogP contribution in [0.15, 0.2) is 30.3 Å². The van der Waals surface area contributed by atoms with Crippen molar-refractivity contribution in [2.75, 3.05) is 5.43 Å². The van der Waals surface area contributed by atoms with Crippen molar-refractivity contribution in [3.8, 4) is 17.3 Å². The Balaban J connectivity index is 2.51. The molecule has 0 saturated carbocycles. The number of aryl methyl sites for hydroxylation is 2. The SMILES string of the molecule is Cc1ccc(-c2ccc(C#N)c(NN)n2)cc1C. The summed E-state index contributed by atoms with van der Waals surface area (Å²) in [5.41, 5.74) is 7.14. The minimum atomic E-state index is 0.397. The maximum absolute atomic E-state index is 8.91. The fraction of sp³-hybridized carbons (Fsp3) is 0.143. The van der Waals surface area contributed by atoms with E-state index >= 15 is 0 Å². The van der Waals surface area contributed by atoms with E-state index in [2.05, 4.69) is 36.4 Å². The van der Waals surface area contributed by atoms with E-state index in [0.717, 1.165) is 11.3 Å². The number of nitrogens with two attached hydrogens (primary N) is 1. The quantitative estimate of drug-likeness (QED) is 0.622. The number of hydrogen-bond acceptors (Lipinski definition) is 4. The molecule has 0 unspecified atom stereocenters. The number of nitrogens with zero attached hydrogens (tertiary/aromatic N) is 2. The van der Waals surface area contributed by atoms with Crippen LogP contribution in [0.1, 0.15) is 16.7 Å². The Bertz CT molecular complexity index is 626. The van der Waals surface area contributed by atoms with Crippen molar-refractivity contribution < 1.29 is 0 Å². The molecule has 0 saturated heterocycles. The Morgan fingerprint density at radius 1 is 1.17 bits per heavy atom. The molecule has 0 aliphatic carbocycles. The first-order valence-electron chi connectivity index (χ1n) is 5.61. The molecule has 2 rings (SSSR count). The first-order valence-corrected chi connectivity index (χ1v) is 5.61. The number of pyridine rings is 1. The molecule has 0 atom stereocenters. The van der Waals surface area contributed by atoms with E-state index in [9.17, 15) is 0 Å². The van der Waals surface area contributed by atoms with E-state index in [1.165, 1.54) is 11.1 Å². The molecular formula is C14H14N4. The first-order chi connectivity index (χ1) is 8.65. The van der Waals surface area contributed by atoms with Crippen molar-refractivity contribution in [3.05, 3.63) is 47.0 Å². The molecule has 0 aliphatic heterocycles. The van der Waals surface area contributed by atoms with E-state index in [0.29, 0.717) is 11.4 Å². The van der Waals surface area contributed by atoms with Gasteiger partial charge in [0.15, 0.2) is 5.82 Å². The second-order valence-electron chi connectivity index (χ2n) is 4.15. The molecule has 90 valence electrons. The average molecular weight is 238 g/mol. The zero-order chi connectivity index (χ0) is 13.1. The summed E-state index contributed by atoms with van der Waals surface area (Å²) in [6, 6.07) is 11.7. The number of anilines is 1. The van der Waals surface area contributed by atoms with E-state index in [-0.39, 0.29) is 0 Å². The monoisotopic (exact) mass is 238 g/mol. The zero-order valence-electron chi connectivity index (χ0n) is 10.4. The lowest BCUT2D eigenvalue weighted by Gasteiger charge is -2.07. The lowest BCUT2D eigenvalue weighted by molar-refractivity contribution is 1.21. The van der Waals surface area contributed by atoms with Gasteiger partial charge in [-0.1, -0.05) is 12.1 Å². The van der Waals surface area contributed by atoms with E-state index in [1.54, 1.807) is 6.07 Å². The van der Waals surface area contributed by atoms with Gasteiger partial charge in [-0.15, -0.1) is 0 Å². The lowest BCUT2D eigenvalue weighted by Crippen LogP contribution is -2.10. The minimum absolute atomic E-state index is 0.397. The topological polar surface area (TPSA) is 74.7 Å². The van der Waals surface area contributed by atoms with Crippen LogP contribution < -0.4 is 11.3 Å². The molecule has 18 heavy (non-hydrogen) atoms. The molecule has 0 aliphatic rings. The molecule has 0 spiro atoms. The summed E-state index contributed by atoms with van der Waals surface area (Å²) >= 11 is 0. The van der Waals surface area contributed by atoms with Gasteiger partial charge in [0.25, 0.3) is 0 Å². The third-order valence-electron chi connectivity index (χ3n) is 2.96. The van der Waals surface area contributed by atoms with Gasteiger partial charge in [0.2, 0.25) is 0 Å². The van der Waals surface area contributed by atoms with E-state index in [4.69, 9.17) is 11.1 Å². The first kappa shape index (κ1) is 12.1. The van der Waals surface area contributed by atoms with Gasteiger partial charge in [-0.25, -0.2) is 10.8 Å². The van der Waals surface area contributed by atoms with Crippen LogP contribution in [0.2, 0.25) is 0 Å². The molecule has 4 heteroatoms. The molecule has 0 bridgehead atoms. The van der Waals surface area contributed by atoms with Crippen LogP contribution in [0.5, 0.6) is 0 Å². The molecule has 1 aromatic heterocycles. The molecular weight excluding hydrogens is 224 g/mol. The van der Waals surface area contributed by atoms with Gasteiger partial charge in [0.1, 0.15) is 6.07 Å². The van der Waals surface area contributed by atoms with E-state index < -0.39 is 0 Å². The van der Waals surface area contributed by atoms with Crippen LogP contribution in [0.4, 0.5) is 5.82 Å². The molecule has 1 aromatic carbocycles. The maximum Gasteiger partial charge on any atom is 0.158 e. The summed E-state index contributed by atoms with van der Waals surface area (Å²) in [7, 11) is 0. The van der Waals surface area contributed by atoms with E-state index in [1.807, 2.05) is 18.2 Å². The van der Waals surface area contributed by atoms with Gasteiger partial charge in [0, 0.05) is 5.56 Å². The predicted octanol–water partition coefficient (Wildman–Crippen LogP) is 2.52. The van der Waals surface area contributed by atoms with Crippen molar-refractivity contribution in [2.45, 2.75) is 13.8 Å². The Kier molecular flexibility index (Phi) is 3.26. The molecule has 1 heterocycles. The zero-order valence-corrected chi connectivity index (χ0v) is 10.4. The second kappa shape index (κ2) is 4.86. The number of nitrogens with one attached hydrogen (secondary N) is 1. The molecule has 4 nitrogen and oxygen atoms in total. The number of hydrogen-bond donors (Lipinski definition) is 2. The smallest absolute Gasteiger partial charge is 0.158 e. The molecule has 0 fully saturated rings. The lowest BCUT2D eigenvalue weighted by atomic mass is 10.0. The van der Waals surface area contributed by atoms with Crippen LogP contribution in [0, 0.1) is 25.2 Å². The average Bonchev–Trinajstić information content (AvgIpc) is 2.41.